The SMILES string of the molecule is CCCCCCCCC1(O)CCN(c2ccccc2)CC1. The number of hydrogen-bond acceptors (Lipinski definition) is 2. The lowest BCUT2D eigenvalue weighted by atomic mass is 9.86. The van der Waals surface area contributed by atoms with Gasteiger partial charge in [-0.1, -0.05) is 63.6 Å². The molecular formula is C19H31NO. The Morgan fingerprint density at radius 2 is 1.57 bits per heavy atom. The van der Waals surface area contributed by atoms with E-state index >= 15 is 0 Å². The van der Waals surface area contributed by atoms with Crippen LogP contribution in [0.15, 0.2) is 30.3 Å². The minimum atomic E-state index is -0.407. The van der Waals surface area contributed by atoms with Gasteiger partial charge in [0.1, 0.15) is 0 Å². The summed E-state index contributed by atoms with van der Waals surface area (Å²) >= 11 is 0. The highest BCUT2D eigenvalue weighted by atomic mass is 16.3. The molecule has 0 saturated carbocycles. The van der Waals surface area contributed by atoms with E-state index in [1.807, 2.05) is 0 Å². The van der Waals surface area contributed by atoms with Crippen molar-refractivity contribution in [3.8, 4) is 0 Å². The van der Waals surface area contributed by atoms with Crippen LogP contribution in [0.25, 0.3) is 0 Å². The number of benzene rings is 1. The molecule has 0 amide bonds. The zero-order valence-corrected chi connectivity index (χ0v) is 13.6. The van der Waals surface area contributed by atoms with Crippen LogP contribution in [0.2, 0.25) is 0 Å². The van der Waals surface area contributed by atoms with E-state index in [1.54, 1.807) is 0 Å². The van der Waals surface area contributed by atoms with E-state index in [1.165, 1.54) is 44.2 Å². The Balaban J connectivity index is 1.67. The summed E-state index contributed by atoms with van der Waals surface area (Å²) in [5, 5.41) is 10.7. The first kappa shape index (κ1) is 16.4. The summed E-state index contributed by atoms with van der Waals surface area (Å²) in [4.78, 5) is 2.40. The van der Waals surface area contributed by atoms with Gasteiger partial charge in [0.15, 0.2) is 0 Å². The molecule has 21 heavy (non-hydrogen) atoms. The Kier molecular flexibility index (Phi) is 6.56. The molecule has 1 aromatic carbocycles. The Bertz CT molecular complexity index is 382. The first-order valence-electron chi connectivity index (χ1n) is 8.76. The smallest absolute Gasteiger partial charge is 0.0681 e. The molecule has 0 unspecified atom stereocenters. The zero-order valence-electron chi connectivity index (χ0n) is 13.6. The van der Waals surface area contributed by atoms with Gasteiger partial charge in [-0.15, -0.1) is 0 Å². The summed E-state index contributed by atoms with van der Waals surface area (Å²) in [5.41, 5.74) is 0.884. The monoisotopic (exact) mass is 289 g/mol. The molecule has 0 aromatic heterocycles. The number of para-hydroxylation sites is 1. The number of anilines is 1. The standard InChI is InChI=1S/C19H31NO/c1-2-3-4-5-6-10-13-19(21)14-16-20(17-15-19)18-11-8-7-9-12-18/h7-9,11-12,21H,2-6,10,13-17H2,1H3. The molecule has 0 radical (unpaired) electrons. The second-order valence-corrected chi connectivity index (χ2v) is 6.56. The maximum Gasteiger partial charge on any atom is 0.0681 e. The van der Waals surface area contributed by atoms with Gasteiger partial charge < -0.3 is 10.0 Å². The van der Waals surface area contributed by atoms with Gasteiger partial charge in [-0.25, -0.2) is 0 Å². The normalized spacial score (nSPS) is 17.9. The fourth-order valence-corrected chi connectivity index (χ4v) is 3.30. The van der Waals surface area contributed by atoms with Crippen LogP contribution < -0.4 is 4.90 Å². The molecule has 0 spiro atoms. The molecule has 118 valence electrons. The number of piperidine rings is 1. The second kappa shape index (κ2) is 8.43. The van der Waals surface area contributed by atoms with Crippen LogP contribution >= 0.6 is 0 Å². The van der Waals surface area contributed by atoms with E-state index in [0.717, 1.165) is 32.4 Å². The average molecular weight is 289 g/mol. The maximum atomic E-state index is 10.7. The van der Waals surface area contributed by atoms with Crippen molar-refractivity contribution in [2.75, 3.05) is 18.0 Å². The van der Waals surface area contributed by atoms with Crippen molar-refractivity contribution in [2.45, 2.75) is 70.3 Å². The Hall–Kier alpha value is -1.02. The topological polar surface area (TPSA) is 23.5 Å². The summed E-state index contributed by atoms with van der Waals surface area (Å²) in [7, 11) is 0. The number of nitrogens with zero attached hydrogens (tertiary/aromatic N) is 1. The van der Waals surface area contributed by atoms with Gasteiger partial charge in [0.25, 0.3) is 0 Å². The first-order valence-corrected chi connectivity index (χ1v) is 8.76. The van der Waals surface area contributed by atoms with E-state index in [4.69, 9.17) is 0 Å². The molecular weight excluding hydrogens is 258 g/mol. The number of hydrogen-bond donors (Lipinski definition) is 1. The van der Waals surface area contributed by atoms with Gasteiger partial charge >= 0.3 is 0 Å². The quantitative estimate of drug-likeness (QED) is 0.697. The van der Waals surface area contributed by atoms with Gasteiger partial charge in [-0.05, 0) is 31.4 Å². The number of aliphatic hydroxyl groups is 1. The van der Waals surface area contributed by atoms with E-state index in [9.17, 15) is 5.11 Å². The van der Waals surface area contributed by atoms with Crippen molar-refractivity contribution in [3.05, 3.63) is 30.3 Å². The summed E-state index contributed by atoms with van der Waals surface area (Å²) in [6.45, 7) is 4.22. The van der Waals surface area contributed by atoms with Crippen LogP contribution in [-0.2, 0) is 0 Å². The average Bonchev–Trinajstić information content (AvgIpc) is 2.52. The van der Waals surface area contributed by atoms with Crippen LogP contribution in [0.5, 0.6) is 0 Å². The highest BCUT2D eigenvalue weighted by molar-refractivity contribution is 5.46. The number of rotatable bonds is 8. The third-order valence-electron chi connectivity index (χ3n) is 4.81. The fraction of sp³-hybridized carbons (Fsp3) is 0.684. The highest BCUT2D eigenvalue weighted by Crippen LogP contribution is 2.30. The predicted octanol–water partition coefficient (Wildman–Crippen LogP) is 4.77. The molecule has 1 aliphatic rings. The first-order chi connectivity index (χ1) is 10.2. The molecule has 1 N–H and O–H groups in total. The van der Waals surface area contributed by atoms with E-state index < -0.39 is 5.60 Å². The molecule has 1 aliphatic heterocycles. The highest BCUT2D eigenvalue weighted by Gasteiger charge is 2.31. The van der Waals surface area contributed by atoms with Crippen molar-refractivity contribution in [1.82, 2.24) is 0 Å². The Labute approximate surface area is 130 Å². The lowest BCUT2D eigenvalue weighted by Crippen LogP contribution is -2.44. The van der Waals surface area contributed by atoms with Crippen LogP contribution in [0.3, 0.4) is 0 Å². The molecule has 1 heterocycles. The van der Waals surface area contributed by atoms with Crippen molar-refractivity contribution >= 4 is 5.69 Å². The van der Waals surface area contributed by atoms with Gasteiger partial charge in [0, 0.05) is 18.8 Å². The third-order valence-corrected chi connectivity index (χ3v) is 4.81. The second-order valence-electron chi connectivity index (χ2n) is 6.56. The molecule has 0 aliphatic carbocycles. The molecule has 1 saturated heterocycles. The summed E-state index contributed by atoms with van der Waals surface area (Å²) in [6, 6.07) is 10.6. The molecule has 1 fully saturated rings. The zero-order chi connectivity index (χ0) is 15.0. The van der Waals surface area contributed by atoms with E-state index in [-0.39, 0.29) is 0 Å². The fourth-order valence-electron chi connectivity index (χ4n) is 3.30. The van der Waals surface area contributed by atoms with E-state index in [2.05, 4.69) is 42.2 Å². The molecule has 0 bridgehead atoms. The Morgan fingerprint density at radius 1 is 0.952 bits per heavy atom. The van der Waals surface area contributed by atoms with Crippen molar-refractivity contribution in [3.63, 3.8) is 0 Å². The van der Waals surface area contributed by atoms with Crippen LogP contribution in [-0.4, -0.2) is 23.8 Å². The van der Waals surface area contributed by atoms with Crippen molar-refractivity contribution in [2.24, 2.45) is 0 Å². The summed E-state index contributed by atoms with van der Waals surface area (Å²) in [6.07, 6.45) is 10.6. The molecule has 2 heteroatoms. The van der Waals surface area contributed by atoms with Crippen molar-refractivity contribution in [1.29, 1.82) is 0 Å². The molecule has 2 rings (SSSR count). The largest absolute Gasteiger partial charge is 0.390 e. The van der Waals surface area contributed by atoms with Crippen LogP contribution in [0, 0.1) is 0 Å². The maximum absolute atomic E-state index is 10.7. The lowest BCUT2D eigenvalue weighted by Gasteiger charge is -2.39. The van der Waals surface area contributed by atoms with Crippen LogP contribution in [0.1, 0.15) is 64.7 Å². The van der Waals surface area contributed by atoms with Gasteiger partial charge in [0.05, 0.1) is 5.60 Å². The minimum Gasteiger partial charge on any atom is -0.390 e. The van der Waals surface area contributed by atoms with Gasteiger partial charge in [0.2, 0.25) is 0 Å². The van der Waals surface area contributed by atoms with Crippen molar-refractivity contribution < 1.29 is 5.11 Å². The predicted molar refractivity (Wildman–Crippen MR) is 90.8 cm³/mol. The lowest BCUT2D eigenvalue weighted by molar-refractivity contribution is 0.00569. The van der Waals surface area contributed by atoms with Gasteiger partial charge in [-0.3, -0.25) is 0 Å². The molecule has 1 aromatic rings. The molecule has 2 nitrogen and oxygen atoms in total. The van der Waals surface area contributed by atoms with E-state index in [0.29, 0.717) is 0 Å². The summed E-state index contributed by atoms with van der Waals surface area (Å²) < 4.78 is 0. The van der Waals surface area contributed by atoms with Gasteiger partial charge in [-0.2, -0.15) is 0 Å². The third kappa shape index (κ3) is 5.35. The molecule has 0 atom stereocenters. The van der Waals surface area contributed by atoms with Crippen LogP contribution in [0.4, 0.5) is 5.69 Å². The Morgan fingerprint density at radius 3 is 2.24 bits per heavy atom. The number of unbranched alkanes of at least 4 members (excludes halogenated alkanes) is 5. The minimum absolute atomic E-state index is 0.407. The summed E-state index contributed by atoms with van der Waals surface area (Å²) in [5.74, 6) is 0.